The van der Waals surface area contributed by atoms with Crippen molar-refractivity contribution in [3.05, 3.63) is 12.3 Å². The van der Waals surface area contributed by atoms with Crippen molar-refractivity contribution in [3.8, 4) is 0 Å². The molecule has 0 radical (unpaired) electrons. The van der Waals surface area contributed by atoms with Crippen LogP contribution in [0.5, 0.6) is 0 Å². The van der Waals surface area contributed by atoms with Crippen LogP contribution < -0.4 is 0 Å². The molecule has 0 heterocycles. The topological polar surface area (TPSA) is 29.5 Å². The number of aliphatic hydroxyl groups excluding tert-OH is 1. The molecule has 0 saturated heterocycles. The number of rotatable bonds is 4. The van der Waals surface area contributed by atoms with Gasteiger partial charge < -0.3 is 9.84 Å². The number of allylic oxidation sites excluding steroid dienone is 1. The summed E-state index contributed by atoms with van der Waals surface area (Å²) < 4.78 is 4.79. The van der Waals surface area contributed by atoms with E-state index in [1.54, 1.807) is 6.26 Å². The fraction of sp³-hybridized carbons (Fsp3) is 0.667. The Morgan fingerprint density at radius 2 is 2.38 bits per heavy atom. The molecule has 2 nitrogen and oxygen atoms in total. The van der Waals surface area contributed by atoms with Crippen LogP contribution >= 0.6 is 0 Å². The molecule has 0 rings (SSSR count). The summed E-state index contributed by atoms with van der Waals surface area (Å²) in [6.07, 6.45) is 4.48. The molecule has 0 aromatic heterocycles. The predicted octanol–water partition coefficient (Wildman–Crippen LogP) is 0.919. The van der Waals surface area contributed by atoms with E-state index in [1.165, 1.54) is 0 Å². The van der Waals surface area contributed by atoms with Gasteiger partial charge in [0.25, 0.3) is 0 Å². The van der Waals surface area contributed by atoms with Gasteiger partial charge in [-0.2, -0.15) is 0 Å². The normalized spacial score (nSPS) is 10.2. The van der Waals surface area contributed by atoms with E-state index >= 15 is 0 Å². The first kappa shape index (κ1) is 7.50. The highest BCUT2D eigenvalue weighted by molar-refractivity contribution is 4.69. The van der Waals surface area contributed by atoms with Crippen molar-refractivity contribution in [2.75, 3.05) is 13.2 Å². The largest absolute Gasteiger partial charge is 0.499 e. The molecule has 0 spiro atoms. The Kier molecular flexibility index (Phi) is 6.09. The lowest BCUT2D eigenvalue weighted by molar-refractivity contribution is 0.165. The molecule has 0 aliphatic carbocycles. The van der Waals surface area contributed by atoms with Crippen LogP contribution in [0, 0.1) is 0 Å². The second-order valence-corrected chi connectivity index (χ2v) is 1.37. The molecule has 0 unspecified atom stereocenters. The molecule has 0 saturated carbocycles. The van der Waals surface area contributed by atoms with Gasteiger partial charge in [-0.1, -0.05) is 13.0 Å². The molecule has 0 aromatic carbocycles. The first-order chi connectivity index (χ1) is 3.91. The van der Waals surface area contributed by atoms with Gasteiger partial charge in [-0.05, 0) is 6.42 Å². The molecule has 8 heavy (non-hydrogen) atoms. The summed E-state index contributed by atoms with van der Waals surface area (Å²) in [4.78, 5) is 0. The van der Waals surface area contributed by atoms with E-state index in [4.69, 9.17) is 9.84 Å². The van der Waals surface area contributed by atoms with Gasteiger partial charge in [-0.25, -0.2) is 0 Å². The first-order valence-electron chi connectivity index (χ1n) is 2.79. The molecule has 1 N–H and O–H groups in total. The zero-order valence-corrected chi connectivity index (χ0v) is 5.13. The van der Waals surface area contributed by atoms with E-state index in [0.717, 1.165) is 6.42 Å². The summed E-state index contributed by atoms with van der Waals surface area (Å²) in [5.74, 6) is 0. The lowest BCUT2D eigenvalue weighted by Gasteiger charge is -1.92. The fourth-order valence-electron chi connectivity index (χ4n) is 0.285. The summed E-state index contributed by atoms with van der Waals surface area (Å²) in [6, 6.07) is 0. The molecular weight excluding hydrogens is 104 g/mol. The third-order valence-corrected chi connectivity index (χ3v) is 0.637. The van der Waals surface area contributed by atoms with Crippen molar-refractivity contribution >= 4 is 0 Å². The van der Waals surface area contributed by atoms with Crippen LogP contribution in [0.25, 0.3) is 0 Å². The van der Waals surface area contributed by atoms with Gasteiger partial charge in [0, 0.05) is 0 Å². The van der Waals surface area contributed by atoms with Crippen molar-refractivity contribution in [3.63, 3.8) is 0 Å². The van der Waals surface area contributed by atoms with Gasteiger partial charge in [-0.15, -0.1) is 0 Å². The summed E-state index contributed by atoms with van der Waals surface area (Å²) in [5.41, 5.74) is 0. The highest BCUT2D eigenvalue weighted by Gasteiger charge is 1.73. The van der Waals surface area contributed by atoms with Crippen LogP contribution in [0.3, 0.4) is 0 Å². The van der Waals surface area contributed by atoms with Gasteiger partial charge in [-0.3, -0.25) is 0 Å². The minimum absolute atomic E-state index is 0.0913. The van der Waals surface area contributed by atoms with Gasteiger partial charge >= 0.3 is 0 Å². The lowest BCUT2D eigenvalue weighted by Crippen LogP contribution is -1.91. The van der Waals surface area contributed by atoms with Crippen LogP contribution in [0.4, 0.5) is 0 Å². The molecule has 0 atom stereocenters. The lowest BCUT2D eigenvalue weighted by atomic mass is 10.5. The summed E-state index contributed by atoms with van der Waals surface area (Å²) >= 11 is 0. The fourth-order valence-corrected chi connectivity index (χ4v) is 0.285. The van der Waals surface area contributed by atoms with Crippen molar-refractivity contribution in [2.45, 2.75) is 13.3 Å². The van der Waals surface area contributed by atoms with Crippen LogP contribution in [-0.4, -0.2) is 18.3 Å². The smallest absolute Gasteiger partial charge is 0.110 e. The predicted molar refractivity (Wildman–Crippen MR) is 32.5 cm³/mol. The van der Waals surface area contributed by atoms with E-state index < -0.39 is 0 Å². The van der Waals surface area contributed by atoms with Crippen LogP contribution in [0.1, 0.15) is 13.3 Å². The zero-order chi connectivity index (χ0) is 6.24. The van der Waals surface area contributed by atoms with E-state index in [1.807, 2.05) is 13.0 Å². The van der Waals surface area contributed by atoms with Crippen LogP contribution in [0.2, 0.25) is 0 Å². The number of aliphatic hydroxyl groups is 1. The number of hydrogen-bond acceptors (Lipinski definition) is 2. The summed E-state index contributed by atoms with van der Waals surface area (Å²) in [7, 11) is 0. The SMILES string of the molecule is CCC=COCCO. The molecular formula is C6H12O2. The number of hydrogen-bond donors (Lipinski definition) is 1. The third kappa shape index (κ3) is 5.50. The van der Waals surface area contributed by atoms with Gasteiger partial charge in [0.15, 0.2) is 0 Å². The molecule has 0 bridgehead atoms. The van der Waals surface area contributed by atoms with Gasteiger partial charge in [0.1, 0.15) is 6.61 Å². The van der Waals surface area contributed by atoms with Crippen molar-refractivity contribution in [1.29, 1.82) is 0 Å². The standard InChI is InChI=1S/C6H12O2/c1-2-3-5-8-6-4-7/h3,5,7H,2,4,6H2,1H3. The van der Waals surface area contributed by atoms with E-state index in [9.17, 15) is 0 Å². The Labute approximate surface area is 49.8 Å². The average Bonchev–Trinajstić information content (AvgIpc) is 1.81. The molecule has 0 fully saturated rings. The maximum absolute atomic E-state index is 8.21. The molecule has 0 aliphatic rings. The number of ether oxygens (including phenoxy) is 1. The Hall–Kier alpha value is -0.500. The summed E-state index contributed by atoms with van der Waals surface area (Å²) in [6.45, 7) is 2.52. The molecule has 0 aromatic rings. The summed E-state index contributed by atoms with van der Waals surface area (Å²) in [5, 5.41) is 8.21. The van der Waals surface area contributed by atoms with Crippen molar-refractivity contribution in [1.82, 2.24) is 0 Å². The Morgan fingerprint density at radius 3 is 2.88 bits per heavy atom. The van der Waals surface area contributed by atoms with Crippen molar-refractivity contribution < 1.29 is 9.84 Å². The van der Waals surface area contributed by atoms with Gasteiger partial charge in [0.05, 0.1) is 12.9 Å². The quantitative estimate of drug-likeness (QED) is 0.437. The third-order valence-electron chi connectivity index (χ3n) is 0.637. The molecule has 48 valence electrons. The van der Waals surface area contributed by atoms with Crippen LogP contribution in [-0.2, 0) is 4.74 Å². The molecule has 0 amide bonds. The average molecular weight is 116 g/mol. The second kappa shape index (κ2) is 6.50. The second-order valence-electron chi connectivity index (χ2n) is 1.37. The Balaban J connectivity index is 2.80. The van der Waals surface area contributed by atoms with Crippen LogP contribution in [0.15, 0.2) is 12.3 Å². The van der Waals surface area contributed by atoms with E-state index in [-0.39, 0.29) is 6.61 Å². The molecule has 0 aliphatic heterocycles. The minimum Gasteiger partial charge on any atom is -0.499 e. The molecule has 2 heteroatoms. The van der Waals surface area contributed by atoms with Gasteiger partial charge in [0.2, 0.25) is 0 Å². The maximum atomic E-state index is 8.21. The maximum Gasteiger partial charge on any atom is 0.110 e. The Morgan fingerprint density at radius 1 is 1.62 bits per heavy atom. The zero-order valence-electron chi connectivity index (χ0n) is 5.13. The van der Waals surface area contributed by atoms with E-state index in [2.05, 4.69) is 0 Å². The monoisotopic (exact) mass is 116 g/mol. The highest BCUT2D eigenvalue weighted by atomic mass is 16.5. The Bertz CT molecular complexity index is 59.5. The highest BCUT2D eigenvalue weighted by Crippen LogP contribution is 1.80. The van der Waals surface area contributed by atoms with E-state index in [0.29, 0.717) is 6.61 Å². The first-order valence-corrected chi connectivity index (χ1v) is 2.79. The van der Waals surface area contributed by atoms with Crippen molar-refractivity contribution in [2.24, 2.45) is 0 Å². The minimum atomic E-state index is 0.0913.